The summed E-state index contributed by atoms with van der Waals surface area (Å²) in [6.45, 7) is 2.11. The second-order valence-electron chi connectivity index (χ2n) is 5.76. The van der Waals surface area contributed by atoms with Gasteiger partial charge in [-0.2, -0.15) is 5.10 Å². The van der Waals surface area contributed by atoms with E-state index >= 15 is 0 Å². The van der Waals surface area contributed by atoms with Crippen LogP contribution in [0.15, 0.2) is 0 Å². The maximum Gasteiger partial charge on any atom is 0.303 e. The van der Waals surface area contributed by atoms with Crippen LogP contribution in [0.3, 0.4) is 0 Å². The molecule has 0 atom stereocenters. The molecule has 0 bridgehead atoms. The van der Waals surface area contributed by atoms with Crippen molar-refractivity contribution >= 4 is 28.6 Å². The normalized spacial score (nSPS) is 11.3. The minimum atomic E-state index is -0.731. The molecule has 0 aliphatic carbocycles. The Bertz CT molecular complexity index is 684. The van der Waals surface area contributed by atoms with Crippen molar-refractivity contribution in [1.82, 2.24) is 19.7 Å². The van der Waals surface area contributed by atoms with Crippen LogP contribution >= 0.6 is 11.6 Å². The third-order valence-electron chi connectivity index (χ3n) is 3.78. The van der Waals surface area contributed by atoms with Crippen LogP contribution in [0.5, 0.6) is 0 Å². The summed E-state index contributed by atoms with van der Waals surface area (Å²) in [4.78, 5) is 19.5. The number of hydrogen-bond acceptors (Lipinski definition) is 4. The monoisotopic (exact) mass is 338 g/mol. The van der Waals surface area contributed by atoms with E-state index in [1.807, 2.05) is 7.05 Å². The fraction of sp³-hybridized carbons (Fsp3) is 0.625. The van der Waals surface area contributed by atoms with Crippen molar-refractivity contribution in [3.05, 3.63) is 16.7 Å². The minimum Gasteiger partial charge on any atom is -0.481 e. The van der Waals surface area contributed by atoms with Gasteiger partial charge in [-0.15, -0.1) is 0 Å². The van der Waals surface area contributed by atoms with Gasteiger partial charge in [0.2, 0.25) is 0 Å². The van der Waals surface area contributed by atoms with Gasteiger partial charge in [-0.05, 0) is 19.3 Å². The minimum absolute atomic E-state index is 0.240. The van der Waals surface area contributed by atoms with E-state index in [1.165, 1.54) is 0 Å². The second kappa shape index (κ2) is 8.24. The number of aromatic nitrogens is 4. The lowest BCUT2D eigenvalue weighted by Gasteiger charge is -2.03. The third-order valence-corrected chi connectivity index (χ3v) is 4.05. The first kappa shape index (κ1) is 17.7. The lowest BCUT2D eigenvalue weighted by molar-refractivity contribution is -0.137. The van der Waals surface area contributed by atoms with Gasteiger partial charge in [-0.25, -0.2) is 9.97 Å². The quantitative estimate of drug-likeness (QED) is 0.558. The molecule has 0 unspecified atom stereocenters. The van der Waals surface area contributed by atoms with Crippen molar-refractivity contribution < 1.29 is 9.90 Å². The largest absolute Gasteiger partial charge is 0.481 e. The molecule has 0 amide bonds. The summed E-state index contributed by atoms with van der Waals surface area (Å²) in [6.07, 6.45) is 6.42. The Balaban J connectivity index is 2.01. The molecular weight excluding hydrogens is 316 g/mol. The zero-order valence-electron chi connectivity index (χ0n) is 13.7. The number of rotatable bonds is 9. The molecule has 0 spiro atoms. The van der Waals surface area contributed by atoms with Gasteiger partial charge in [-0.1, -0.05) is 37.8 Å². The topological polar surface area (TPSA) is 80.9 Å². The summed E-state index contributed by atoms with van der Waals surface area (Å²) in [6, 6.07) is 0. The van der Waals surface area contributed by atoms with E-state index in [0.717, 1.165) is 67.5 Å². The molecular formula is C16H23ClN4O2. The average Bonchev–Trinajstić information content (AvgIpc) is 2.79. The van der Waals surface area contributed by atoms with Crippen LogP contribution in [-0.4, -0.2) is 30.8 Å². The van der Waals surface area contributed by atoms with E-state index in [1.54, 1.807) is 4.68 Å². The van der Waals surface area contributed by atoms with Gasteiger partial charge in [0.25, 0.3) is 0 Å². The van der Waals surface area contributed by atoms with Crippen LogP contribution in [0.1, 0.15) is 57.0 Å². The first-order valence-electron chi connectivity index (χ1n) is 8.12. The highest BCUT2D eigenvalue weighted by Crippen LogP contribution is 2.24. The molecule has 126 valence electrons. The second-order valence-corrected chi connectivity index (χ2v) is 6.11. The smallest absolute Gasteiger partial charge is 0.303 e. The summed E-state index contributed by atoms with van der Waals surface area (Å²) in [7, 11) is 1.86. The maximum absolute atomic E-state index is 10.5. The van der Waals surface area contributed by atoms with Crippen LogP contribution in [0.25, 0.3) is 11.0 Å². The van der Waals surface area contributed by atoms with E-state index in [-0.39, 0.29) is 6.42 Å². The zero-order chi connectivity index (χ0) is 16.8. The highest BCUT2D eigenvalue weighted by molar-refractivity contribution is 6.33. The number of halogens is 1. The van der Waals surface area contributed by atoms with Crippen molar-refractivity contribution in [2.75, 3.05) is 0 Å². The van der Waals surface area contributed by atoms with Crippen molar-refractivity contribution in [2.24, 2.45) is 7.05 Å². The van der Waals surface area contributed by atoms with Crippen LogP contribution in [0.4, 0.5) is 0 Å². The number of hydrogen-bond donors (Lipinski definition) is 1. The standard InChI is InChI=1S/C16H23ClN4O2/c1-3-8-11-14-15(21(2)20-11)16(17)19-12(18-14)9-6-4-5-7-10-13(22)23/h3-10H2,1-2H3,(H,22,23). The van der Waals surface area contributed by atoms with Gasteiger partial charge in [0.15, 0.2) is 5.15 Å². The Hall–Kier alpha value is -1.69. The summed E-state index contributed by atoms with van der Waals surface area (Å²) in [5, 5.41) is 13.6. The molecule has 1 N–H and O–H groups in total. The van der Waals surface area contributed by atoms with Gasteiger partial charge in [0.05, 0.1) is 5.69 Å². The summed E-state index contributed by atoms with van der Waals surface area (Å²) < 4.78 is 1.75. The number of nitrogens with zero attached hydrogens (tertiary/aromatic N) is 4. The van der Waals surface area contributed by atoms with E-state index in [4.69, 9.17) is 16.7 Å². The number of unbranched alkanes of at least 4 members (excludes halogenated alkanes) is 3. The van der Waals surface area contributed by atoms with E-state index < -0.39 is 5.97 Å². The molecule has 0 saturated carbocycles. The number of aliphatic carboxylic acids is 1. The highest BCUT2D eigenvalue weighted by atomic mass is 35.5. The molecule has 2 aromatic heterocycles. The number of aryl methyl sites for hydroxylation is 3. The van der Waals surface area contributed by atoms with Crippen molar-refractivity contribution in [3.63, 3.8) is 0 Å². The molecule has 7 heteroatoms. The first-order chi connectivity index (χ1) is 11.0. The molecule has 6 nitrogen and oxygen atoms in total. The van der Waals surface area contributed by atoms with Crippen LogP contribution in [-0.2, 0) is 24.7 Å². The Morgan fingerprint density at radius 2 is 1.91 bits per heavy atom. The van der Waals surface area contributed by atoms with E-state index in [0.29, 0.717) is 5.15 Å². The molecule has 2 heterocycles. The number of carboxylic acid groups (broad SMARTS) is 1. The molecule has 0 aromatic carbocycles. The molecule has 0 aliphatic heterocycles. The fourth-order valence-electron chi connectivity index (χ4n) is 2.67. The van der Waals surface area contributed by atoms with Gasteiger partial charge in [-0.3, -0.25) is 9.48 Å². The molecule has 2 aromatic rings. The lowest BCUT2D eigenvalue weighted by Crippen LogP contribution is -1.99. The lowest BCUT2D eigenvalue weighted by atomic mass is 10.1. The highest BCUT2D eigenvalue weighted by Gasteiger charge is 2.15. The van der Waals surface area contributed by atoms with Crippen molar-refractivity contribution in [3.8, 4) is 0 Å². The molecule has 0 aliphatic rings. The zero-order valence-corrected chi connectivity index (χ0v) is 14.4. The molecule has 0 radical (unpaired) electrons. The number of carboxylic acids is 1. The fourth-order valence-corrected chi connectivity index (χ4v) is 2.98. The molecule has 23 heavy (non-hydrogen) atoms. The molecule has 0 saturated heterocycles. The van der Waals surface area contributed by atoms with Gasteiger partial charge in [0.1, 0.15) is 16.9 Å². The SMILES string of the molecule is CCCc1nn(C)c2c(Cl)nc(CCCCCCC(=O)O)nc12. The Kier molecular flexibility index (Phi) is 6.33. The van der Waals surface area contributed by atoms with Crippen molar-refractivity contribution in [2.45, 2.75) is 58.3 Å². The maximum atomic E-state index is 10.5. The van der Waals surface area contributed by atoms with Gasteiger partial charge < -0.3 is 5.11 Å². The Morgan fingerprint density at radius 3 is 2.61 bits per heavy atom. The Labute approximate surface area is 140 Å². The van der Waals surface area contributed by atoms with E-state index in [9.17, 15) is 4.79 Å². The molecule has 2 rings (SSSR count). The number of fused-ring (bicyclic) bond motifs is 1. The summed E-state index contributed by atoms with van der Waals surface area (Å²) >= 11 is 6.30. The predicted octanol–water partition coefficient (Wildman–Crippen LogP) is 3.55. The van der Waals surface area contributed by atoms with Crippen LogP contribution in [0, 0.1) is 0 Å². The van der Waals surface area contributed by atoms with E-state index in [2.05, 4.69) is 22.0 Å². The van der Waals surface area contributed by atoms with Crippen LogP contribution < -0.4 is 0 Å². The number of carbonyl (C=O) groups is 1. The summed E-state index contributed by atoms with van der Waals surface area (Å²) in [5.74, 6) is 0.0108. The molecule has 0 fully saturated rings. The van der Waals surface area contributed by atoms with Crippen molar-refractivity contribution in [1.29, 1.82) is 0 Å². The first-order valence-corrected chi connectivity index (χ1v) is 8.50. The predicted molar refractivity (Wildman–Crippen MR) is 89.7 cm³/mol. The third kappa shape index (κ3) is 4.64. The average molecular weight is 339 g/mol. The van der Waals surface area contributed by atoms with Crippen LogP contribution in [0.2, 0.25) is 5.15 Å². The van der Waals surface area contributed by atoms with Gasteiger partial charge in [0, 0.05) is 19.9 Å². The van der Waals surface area contributed by atoms with Gasteiger partial charge >= 0.3 is 5.97 Å². The summed E-state index contributed by atoms with van der Waals surface area (Å²) in [5.41, 5.74) is 2.62. The Morgan fingerprint density at radius 1 is 1.17 bits per heavy atom.